The molecule has 0 aromatic heterocycles. The summed E-state index contributed by atoms with van der Waals surface area (Å²) in [6, 6.07) is 8.03. The van der Waals surface area contributed by atoms with Crippen LogP contribution < -0.4 is 0 Å². The summed E-state index contributed by atoms with van der Waals surface area (Å²) in [5.41, 5.74) is 1.37. The molecule has 0 radical (unpaired) electrons. The molecule has 0 saturated heterocycles. The van der Waals surface area contributed by atoms with Crippen LogP contribution in [0, 0.1) is 5.92 Å². The van der Waals surface area contributed by atoms with E-state index in [-0.39, 0.29) is 16.6 Å². The Labute approximate surface area is 138 Å². The van der Waals surface area contributed by atoms with Crippen molar-refractivity contribution in [3.8, 4) is 0 Å². The molecule has 2 rings (SSSR count). The minimum atomic E-state index is -3.81. The highest BCUT2D eigenvalue weighted by Gasteiger charge is 2.27. The van der Waals surface area contributed by atoms with Crippen LogP contribution in [0.15, 0.2) is 61.3 Å². The molecule has 0 aliphatic heterocycles. The third kappa shape index (κ3) is 3.28. The summed E-state index contributed by atoms with van der Waals surface area (Å²) in [5, 5.41) is 0. The number of carbonyl (C=O) groups excluding carboxylic acids is 1. The number of ketones is 1. The topological polar surface area (TPSA) is 63.6 Å². The van der Waals surface area contributed by atoms with E-state index in [2.05, 4.69) is 20.3 Å². The maximum atomic E-state index is 12.4. The summed E-state index contributed by atoms with van der Waals surface area (Å²) in [4.78, 5) is 12.2. The van der Waals surface area contributed by atoms with Crippen LogP contribution in [-0.2, 0) is 14.8 Å². The zero-order valence-electron chi connectivity index (χ0n) is 12.5. The van der Waals surface area contributed by atoms with E-state index in [0.29, 0.717) is 21.3 Å². The van der Waals surface area contributed by atoms with Crippen LogP contribution in [0.5, 0.6) is 0 Å². The molecule has 4 nitrogen and oxygen atoms in total. The molecule has 0 heterocycles. The molecule has 0 bridgehead atoms. The number of nitrogens with zero attached hydrogens (tertiary/aromatic N) is 1. The highest BCUT2D eigenvalue weighted by atomic mass is 79.9. The van der Waals surface area contributed by atoms with Gasteiger partial charge in [-0.2, -0.15) is 12.8 Å². The lowest BCUT2D eigenvalue weighted by Crippen LogP contribution is -2.20. The molecule has 6 heteroatoms. The second-order valence-electron chi connectivity index (χ2n) is 5.30. The normalized spacial score (nSPS) is 18.1. The summed E-state index contributed by atoms with van der Waals surface area (Å²) >= 11 is 3.28. The van der Waals surface area contributed by atoms with Gasteiger partial charge in [0.2, 0.25) is 0 Å². The summed E-state index contributed by atoms with van der Waals surface area (Å²) in [7, 11) is -3.81. The van der Waals surface area contributed by atoms with E-state index < -0.39 is 10.0 Å². The van der Waals surface area contributed by atoms with Crippen molar-refractivity contribution in [1.82, 2.24) is 0 Å². The molecule has 0 atom stereocenters. The minimum absolute atomic E-state index is 0.0348. The first-order chi connectivity index (χ1) is 10.2. The van der Waals surface area contributed by atoms with E-state index >= 15 is 0 Å². The fourth-order valence-corrected chi connectivity index (χ4v) is 4.15. The summed E-state index contributed by atoms with van der Waals surface area (Å²) in [5.74, 6) is -0.174. The monoisotopic (exact) mass is 381 g/mol. The lowest BCUT2D eigenvalue weighted by molar-refractivity contribution is -0.111. The molecule has 1 aliphatic rings. The first-order valence-corrected chi connectivity index (χ1v) is 9.00. The van der Waals surface area contributed by atoms with Crippen molar-refractivity contribution in [2.75, 3.05) is 0 Å². The second kappa shape index (κ2) is 6.30. The van der Waals surface area contributed by atoms with Crippen molar-refractivity contribution in [1.29, 1.82) is 0 Å². The van der Waals surface area contributed by atoms with Gasteiger partial charge in [0.1, 0.15) is 0 Å². The molecule has 1 aromatic carbocycles. The Kier molecular flexibility index (Phi) is 4.82. The van der Waals surface area contributed by atoms with Crippen LogP contribution in [0.25, 0.3) is 0 Å². The van der Waals surface area contributed by atoms with E-state index in [1.807, 2.05) is 13.8 Å². The average Bonchev–Trinajstić information content (AvgIpc) is 2.45. The van der Waals surface area contributed by atoms with E-state index in [1.165, 1.54) is 18.2 Å². The first-order valence-electron chi connectivity index (χ1n) is 6.77. The van der Waals surface area contributed by atoms with Gasteiger partial charge in [0.05, 0.1) is 15.1 Å². The first kappa shape index (κ1) is 16.8. The fourth-order valence-electron chi connectivity index (χ4n) is 2.16. The van der Waals surface area contributed by atoms with Crippen LogP contribution in [-0.4, -0.2) is 19.9 Å². The molecule has 0 fully saturated rings. The number of hydrogen-bond donors (Lipinski definition) is 0. The zero-order chi connectivity index (χ0) is 16.5. The summed E-state index contributed by atoms with van der Waals surface area (Å²) in [6.07, 6.45) is 1.53. The number of benzene rings is 1. The van der Waals surface area contributed by atoms with Crippen molar-refractivity contribution >= 4 is 37.4 Å². The quantitative estimate of drug-likeness (QED) is 0.750. The second-order valence-corrected chi connectivity index (χ2v) is 7.70. The SMILES string of the molecule is CC1=CC(=NS(=O)(=O)c2ccccc2)C(C(C)C)=C(Br)C1=O. The highest BCUT2D eigenvalue weighted by molar-refractivity contribution is 9.12. The van der Waals surface area contributed by atoms with Gasteiger partial charge in [-0.1, -0.05) is 32.0 Å². The third-order valence-corrected chi connectivity index (χ3v) is 5.35. The van der Waals surface area contributed by atoms with Gasteiger partial charge < -0.3 is 0 Å². The molecular formula is C16H16BrNO3S. The lowest BCUT2D eigenvalue weighted by atomic mass is 9.90. The third-order valence-electron chi connectivity index (χ3n) is 3.26. The number of sulfonamides is 1. The van der Waals surface area contributed by atoms with Gasteiger partial charge in [-0.3, -0.25) is 4.79 Å². The summed E-state index contributed by atoms with van der Waals surface area (Å²) in [6.45, 7) is 5.43. The van der Waals surface area contributed by atoms with E-state index in [1.54, 1.807) is 25.1 Å². The lowest BCUT2D eigenvalue weighted by Gasteiger charge is -2.19. The number of carbonyl (C=O) groups is 1. The molecule has 0 spiro atoms. The van der Waals surface area contributed by atoms with Crippen LogP contribution in [0.2, 0.25) is 0 Å². The number of rotatable bonds is 3. The van der Waals surface area contributed by atoms with Crippen LogP contribution >= 0.6 is 15.9 Å². The Morgan fingerprint density at radius 2 is 1.73 bits per heavy atom. The maximum Gasteiger partial charge on any atom is 0.282 e. The largest absolute Gasteiger partial charge is 0.288 e. The Morgan fingerprint density at radius 3 is 2.27 bits per heavy atom. The van der Waals surface area contributed by atoms with Gasteiger partial charge >= 0.3 is 0 Å². The van der Waals surface area contributed by atoms with Gasteiger partial charge in [0.15, 0.2) is 5.78 Å². The average molecular weight is 382 g/mol. The van der Waals surface area contributed by atoms with Crippen molar-refractivity contribution in [2.24, 2.45) is 10.3 Å². The molecule has 0 N–H and O–H groups in total. The highest BCUT2D eigenvalue weighted by Crippen LogP contribution is 2.30. The zero-order valence-corrected chi connectivity index (χ0v) is 14.9. The van der Waals surface area contributed by atoms with Gasteiger partial charge in [0, 0.05) is 0 Å². The molecule has 116 valence electrons. The molecule has 0 amide bonds. The summed E-state index contributed by atoms with van der Waals surface area (Å²) < 4.78 is 29.2. The van der Waals surface area contributed by atoms with E-state index in [9.17, 15) is 13.2 Å². The predicted molar refractivity (Wildman–Crippen MR) is 90.6 cm³/mol. The number of allylic oxidation sites excluding steroid dienone is 4. The number of halogens is 1. The number of Topliss-reactive ketones (excluding diaryl/α,β-unsaturated/α-hetero) is 1. The number of hydrogen-bond acceptors (Lipinski definition) is 3. The molecule has 1 aliphatic carbocycles. The van der Waals surface area contributed by atoms with Crippen LogP contribution in [0.3, 0.4) is 0 Å². The van der Waals surface area contributed by atoms with Crippen molar-refractivity contribution in [2.45, 2.75) is 25.7 Å². The standard InChI is InChI=1S/C16H16BrNO3S/c1-10(2)14-13(9-11(3)16(19)15(14)17)18-22(20,21)12-7-5-4-6-8-12/h4-10H,1-3H3. The van der Waals surface area contributed by atoms with Gasteiger partial charge in [0.25, 0.3) is 10.0 Å². The Hall–Kier alpha value is -1.53. The van der Waals surface area contributed by atoms with Crippen molar-refractivity contribution in [3.05, 3.63) is 52.0 Å². The van der Waals surface area contributed by atoms with Gasteiger partial charge in [-0.25, -0.2) is 0 Å². The van der Waals surface area contributed by atoms with E-state index in [0.717, 1.165) is 0 Å². The smallest absolute Gasteiger partial charge is 0.282 e. The maximum absolute atomic E-state index is 12.4. The van der Waals surface area contributed by atoms with Crippen molar-refractivity contribution < 1.29 is 13.2 Å². The Morgan fingerprint density at radius 1 is 1.14 bits per heavy atom. The molecular weight excluding hydrogens is 366 g/mol. The molecule has 22 heavy (non-hydrogen) atoms. The van der Waals surface area contributed by atoms with Crippen LogP contribution in [0.1, 0.15) is 20.8 Å². The van der Waals surface area contributed by atoms with Gasteiger partial charge in [-0.05, 0) is 58.1 Å². The minimum Gasteiger partial charge on any atom is -0.288 e. The fraction of sp³-hybridized carbons (Fsp3) is 0.250. The van der Waals surface area contributed by atoms with Gasteiger partial charge in [-0.15, -0.1) is 0 Å². The van der Waals surface area contributed by atoms with E-state index in [4.69, 9.17) is 0 Å². The van der Waals surface area contributed by atoms with Crippen molar-refractivity contribution in [3.63, 3.8) is 0 Å². The molecule has 0 saturated carbocycles. The Balaban J connectivity index is 2.61. The molecule has 1 aromatic rings. The van der Waals surface area contributed by atoms with Crippen LogP contribution in [0.4, 0.5) is 0 Å². The molecule has 0 unspecified atom stereocenters. The Bertz CT molecular complexity index is 803. The predicted octanol–water partition coefficient (Wildman–Crippen LogP) is 3.65.